The lowest BCUT2D eigenvalue weighted by atomic mass is 9.54. The van der Waals surface area contributed by atoms with Gasteiger partial charge in [-0.1, -0.05) is 13.0 Å². The average Bonchev–Trinajstić information content (AvgIpc) is 2.89. The van der Waals surface area contributed by atoms with E-state index in [1.807, 2.05) is 6.08 Å². The quantitative estimate of drug-likeness (QED) is 0.471. The Morgan fingerprint density at radius 2 is 2.08 bits per heavy atom. The summed E-state index contributed by atoms with van der Waals surface area (Å²) in [4.78, 5) is 23.6. The number of nitro groups is 1. The molecule has 3 fully saturated rings. The molecule has 0 amide bonds. The fraction of sp³-hybridized carbons (Fsp3) is 0.737. The minimum Gasteiger partial charge on any atom is -0.357 e. The number of hydrogen-bond acceptors (Lipinski definition) is 5. The summed E-state index contributed by atoms with van der Waals surface area (Å²) in [6, 6.07) is 0. The molecule has 6 heteroatoms. The van der Waals surface area contributed by atoms with Gasteiger partial charge in [-0.05, 0) is 55.4 Å². The van der Waals surface area contributed by atoms with Gasteiger partial charge in [0.2, 0.25) is 0 Å². The van der Waals surface area contributed by atoms with Crippen LogP contribution in [0.25, 0.3) is 0 Å². The van der Waals surface area contributed by atoms with Crippen molar-refractivity contribution >= 4 is 5.78 Å². The van der Waals surface area contributed by atoms with Crippen LogP contribution in [0.2, 0.25) is 0 Å². The maximum atomic E-state index is 12.4. The Kier molecular flexibility index (Phi) is 3.71. The lowest BCUT2D eigenvalue weighted by molar-refractivity contribution is -0.463. The summed E-state index contributed by atoms with van der Waals surface area (Å²) in [5, 5.41) is 22.2. The number of hydrogen-bond donors (Lipinski definition) is 1. The third kappa shape index (κ3) is 2.20. The van der Waals surface area contributed by atoms with Gasteiger partial charge < -0.3 is 9.84 Å². The number of fused-ring (bicyclic) bond motifs is 5. The lowest BCUT2D eigenvalue weighted by Crippen LogP contribution is -2.46. The van der Waals surface area contributed by atoms with E-state index in [-0.39, 0.29) is 23.5 Å². The third-order valence-corrected chi connectivity index (χ3v) is 7.40. The SMILES string of the molecule is COC1(O)CC=C2C(=C1[N+](=O)[O-])CC[C@@H]1[C@@H]2CC[C@]2(C)C(=O)CC[C@@H]12. The van der Waals surface area contributed by atoms with Crippen LogP contribution in [0.5, 0.6) is 0 Å². The van der Waals surface area contributed by atoms with Crippen molar-refractivity contribution in [2.75, 3.05) is 7.11 Å². The van der Waals surface area contributed by atoms with Crippen molar-refractivity contribution in [2.24, 2.45) is 23.2 Å². The largest absolute Gasteiger partial charge is 0.357 e. The van der Waals surface area contributed by atoms with E-state index in [1.165, 1.54) is 7.11 Å². The van der Waals surface area contributed by atoms with E-state index >= 15 is 0 Å². The first-order chi connectivity index (χ1) is 11.8. The van der Waals surface area contributed by atoms with Crippen molar-refractivity contribution in [3.05, 3.63) is 33.0 Å². The van der Waals surface area contributed by atoms with Gasteiger partial charge in [0.05, 0.1) is 4.92 Å². The van der Waals surface area contributed by atoms with Gasteiger partial charge in [-0.15, -0.1) is 0 Å². The number of ketones is 1. The molecule has 6 nitrogen and oxygen atoms in total. The average molecular weight is 347 g/mol. The van der Waals surface area contributed by atoms with Crippen molar-refractivity contribution < 1.29 is 19.6 Å². The maximum Gasteiger partial charge on any atom is 0.308 e. The molecule has 4 rings (SSSR count). The Balaban J connectivity index is 1.73. The van der Waals surface area contributed by atoms with Crippen LogP contribution in [-0.2, 0) is 9.53 Å². The number of aliphatic hydroxyl groups is 1. The molecule has 0 heterocycles. The Morgan fingerprint density at radius 1 is 1.32 bits per heavy atom. The van der Waals surface area contributed by atoms with Crippen LogP contribution >= 0.6 is 0 Å². The molecule has 0 aliphatic heterocycles. The fourth-order valence-electron chi connectivity index (χ4n) is 6.07. The minimum atomic E-state index is -1.83. The normalized spacial score (nSPS) is 43.2. The van der Waals surface area contributed by atoms with Crippen molar-refractivity contribution in [2.45, 2.75) is 57.7 Å². The highest BCUT2D eigenvalue weighted by Crippen LogP contribution is 2.60. The number of nitrogens with zero attached hydrogens (tertiary/aromatic N) is 1. The minimum absolute atomic E-state index is 0.114. The van der Waals surface area contributed by atoms with Gasteiger partial charge in [0.15, 0.2) is 0 Å². The molecule has 0 aromatic rings. The first-order valence-corrected chi connectivity index (χ1v) is 9.21. The van der Waals surface area contributed by atoms with Gasteiger partial charge in [-0.25, -0.2) is 0 Å². The van der Waals surface area contributed by atoms with Crippen LogP contribution in [0.15, 0.2) is 22.9 Å². The van der Waals surface area contributed by atoms with Crippen molar-refractivity contribution in [3.63, 3.8) is 0 Å². The number of methoxy groups -OCH3 is 1. The fourth-order valence-corrected chi connectivity index (χ4v) is 6.07. The zero-order chi connectivity index (χ0) is 18.0. The summed E-state index contributed by atoms with van der Waals surface area (Å²) < 4.78 is 5.10. The molecule has 4 aliphatic carbocycles. The third-order valence-electron chi connectivity index (χ3n) is 7.40. The molecule has 1 unspecified atom stereocenters. The van der Waals surface area contributed by atoms with Crippen molar-refractivity contribution in [1.82, 2.24) is 0 Å². The summed E-state index contributed by atoms with van der Waals surface area (Å²) >= 11 is 0. The molecule has 3 saturated carbocycles. The number of allylic oxidation sites excluding steroid dienone is 2. The van der Waals surface area contributed by atoms with Crippen LogP contribution in [0.4, 0.5) is 0 Å². The van der Waals surface area contributed by atoms with E-state index in [0.717, 1.165) is 31.3 Å². The monoisotopic (exact) mass is 347 g/mol. The summed E-state index contributed by atoms with van der Waals surface area (Å²) in [5.74, 6) is -0.356. The molecule has 5 atom stereocenters. The highest BCUT2D eigenvalue weighted by molar-refractivity contribution is 5.87. The molecule has 0 bridgehead atoms. The van der Waals surface area contributed by atoms with Gasteiger partial charge in [0.25, 0.3) is 5.79 Å². The topological polar surface area (TPSA) is 89.7 Å². The highest BCUT2D eigenvalue weighted by Gasteiger charge is 2.57. The van der Waals surface area contributed by atoms with Gasteiger partial charge in [0.1, 0.15) is 5.78 Å². The second-order valence-corrected chi connectivity index (χ2v) is 8.27. The van der Waals surface area contributed by atoms with Gasteiger partial charge in [0, 0.05) is 30.9 Å². The van der Waals surface area contributed by atoms with E-state index in [4.69, 9.17) is 4.74 Å². The Hall–Kier alpha value is -1.53. The van der Waals surface area contributed by atoms with Gasteiger partial charge >= 0.3 is 5.70 Å². The zero-order valence-corrected chi connectivity index (χ0v) is 14.8. The smallest absolute Gasteiger partial charge is 0.308 e. The molecule has 0 aromatic carbocycles. The number of carbonyl (C=O) groups excluding carboxylic acids is 1. The molecule has 0 spiro atoms. The summed E-state index contributed by atoms with van der Waals surface area (Å²) in [5.41, 5.74) is 1.32. The maximum absolute atomic E-state index is 12.4. The first-order valence-electron chi connectivity index (χ1n) is 9.21. The summed E-state index contributed by atoms with van der Waals surface area (Å²) in [6.07, 6.45) is 6.88. The van der Waals surface area contributed by atoms with E-state index in [2.05, 4.69) is 6.92 Å². The zero-order valence-electron chi connectivity index (χ0n) is 14.8. The first kappa shape index (κ1) is 16.9. The Morgan fingerprint density at radius 3 is 2.76 bits per heavy atom. The van der Waals surface area contributed by atoms with E-state index in [0.29, 0.717) is 36.0 Å². The number of Topliss-reactive ketones (excluding diaryl/α,β-unsaturated/α-hetero) is 1. The molecule has 1 N–H and O–H groups in total. The summed E-state index contributed by atoms with van der Waals surface area (Å²) in [6.45, 7) is 2.12. The number of carbonyl (C=O) groups is 1. The van der Waals surface area contributed by atoms with Gasteiger partial charge in [-0.2, -0.15) is 0 Å². The van der Waals surface area contributed by atoms with Crippen molar-refractivity contribution in [3.8, 4) is 0 Å². The molecule has 25 heavy (non-hydrogen) atoms. The number of rotatable bonds is 2. The van der Waals surface area contributed by atoms with Crippen LogP contribution < -0.4 is 0 Å². The molecule has 4 aliphatic rings. The predicted octanol–water partition coefficient (Wildman–Crippen LogP) is 2.99. The molecule has 136 valence electrons. The molecule has 0 saturated heterocycles. The highest BCUT2D eigenvalue weighted by atomic mass is 16.7. The van der Waals surface area contributed by atoms with Crippen LogP contribution in [0.1, 0.15) is 51.9 Å². The lowest BCUT2D eigenvalue weighted by Gasteiger charge is -2.49. The van der Waals surface area contributed by atoms with E-state index < -0.39 is 10.7 Å². The second kappa shape index (κ2) is 5.48. The molecular formula is C19H25NO5. The number of ether oxygens (including phenoxy) is 1. The van der Waals surface area contributed by atoms with E-state index in [9.17, 15) is 20.0 Å². The predicted molar refractivity (Wildman–Crippen MR) is 90.0 cm³/mol. The Bertz CT molecular complexity index is 711. The van der Waals surface area contributed by atoms with Crippen molar-refractivity contribution in [1.29, 1.82) is 0 Å². The molecule has 0 radical (unpaired) electrons. The van der Waals surface area contributed by atoms with Crippen LogP contribution in [0.3, 0.4) is 0 Å². The van der Waals surface area contributed by atoms with Crippen LogP contribution in [-0.4, -0.2) is 28.7 Å². The Labute approximate surface area is 147 Å². The van der Waals surface area contributed by atoms with E-state index in [1.54, 1.807) is 0 Å². The van der Waals surface area contributed by atoms with Crippen LogP contribution in [0, 0.1) is 33.3 Å². The molecule has 0 aromatic heterocycles. The molecular weight excluding hydrogens is 322 g/mol. The second-order valence-electron chi connectivity index (χ2n) is 8.27. The standard InChI is InChI=1S/C19H25NO5/c1-18-9-7-11-12-8-10-19(22,25-2)17(20(23)24)14(12)4-3-13(11)15(18)5-6-16(18)21/h8,11,13,15,22H,3-7,9-10H2,1-2H3/t11-,13-,15+,18+,19?/m1/s1. The van der Waals surface area contributed by atoms with Gasteiger partial charge in [-0.3, -0.25) is 14.9 Å². The summed E-state index contributed by atoms with van der Waals surface area (Å²) in [7, 11) is 1.31.